The average Bonchev–Trinajstić information content (AvgIpc) is 2.31. The maximum atomic E-state index is 10.7. The largest absolute Gasteiger partial charge is 0.501 e. The molecule has 1 heterocycles. The molecule has 1 saturated heterocycles. The molecule has 0 radical (unpaired) electrons. The maximum Gasteiger partial charge on any atom is 0.337 e. The minimum absolute atomic E-state index is 0.242. The molecule has 0 atom stereocenters. The zero-order chi connectivity index (χ0) is 7.40. The fourth-order valence-corrected chi connectivity index (χ4v) is 0.739. The van der Waals surface area contributed by atoms with Gasteiger partial charge in [-0.2, -0.15) is 0 Å². The van der Waals surface area contributed by atoms with Crippen LogP contribution in [0.15, 0.2) is 11.8 Å². The molecule has 0 bridgehead atoms. The number of hydrogen-bond acceptors (Lipinski definition) is 3. The van der Waals surface area contributed by atoms with E-state index in [1.807, 2.05) is 6.92 Å². The number of hydrogen-bond donors (Lipinski definition) is 0. The van der Waals surface area contributed by atoms with Crippen LogP contribution in [0.3, 0.4) is 0 Å². The quantitative estimate of drug-likeness (QED) is 0.326. The number of esters is 1. The van der Waals surface area contributed by atoms with E-state index in [0.717, 1.165) is 0 Å². The fraction of sp³-hybridized carbons (Fsp3) is 0.571. The van der Waals surface area contributed by atoms with Crippen molar-refractivity contribution in [1.29, 1.82) is 0 Å². The van der Waals surface area contributed by atoms with Gasteiger partial charge in [0.1, 0.15) is 0 Å². The van der Waals surface area contributed by atoms with Crippen molar-refractivity contribution in [2.24, 2.45) is 0 Å². The molecule has 3 heteroatoms. The molecular formula is C7H10O3. The van der Waals surface area contributed by atoms with Crippen LogP contribution < -0.4 is 0 Å². The number of ether oxygens (including phenoxy) is 2. The van der Waals surface area contributed by atoms with Crippen LogP contribution in [0.4, 0.5) is 0 Å². The minimum atomic E-state index is -0.242. The summed E-state index contributed by atoms with van der Waals surface area (Å²) in [6.07, 6.45) is 2.16. The van der Waals surface area contributed by atoms with Gasteiger partial charge in [0.05, 0.1) is 25.0 Å². The van der Waals surface area contributed by atoms with Gasteiger partial charge in [-0.05, 0) is 6.92 Å². The Labute approximate surface area is 59.6 Å². The molecule has 0 aromatic carbocycles. The summed E-state index contributed by atoms with van der Waals surface area (Å²) in [5.74, 6) is -0.242. The number of carbonyl (C=O) groups is 1. The fourth-order valence-electron chi connectivity index (χ4n) is 0.739. The lowest BCUT2D eigenvalue weighted by atomic mass is 10.3. The van der Waals surface area contributed by atoms with Crippen LogP contribution in [0.5, 0.6) is 0 Å². The van der Waals surface area contributed by atoms with E-state index in [1.165, 1.54) is 6.26 Å². The van der Waals surface area contributed by atoms with Gasteiger partial charge in [0.25, 0.3) is 0 Å². The lowest BCUT2D eigenvalue weighted by Gasteiger charge is -1.93. The van der Waals surface area contributed by atoms with Gasteiger partial charge in [-0.3, -0.25) is 0 Å². The highest BCUT2D eigenvalue weighted by Gasteiger charge is 2.18. The van der Waals surface area contributed by atoms with Crippen LogP contribution in [-0.4, -0.2) is 19.2 Å². The summed E-state index contributed by atoms with van der Waals surface area (Å²) >= 11 is 0. The van der Waals surface area contributed by atoms with Crippen LogP contribution >= 0.6 is 0 Å². The summed E-state index contributed by atoms with van der Waals surface area (Å²) in [4.78, 5) is 10.7. The topological polar surface area (TPSA) is 35.5 Å². The van der Waals surface area contributed by atoms with Crippen LogP contribution in [0.1, 0.15) is 13.3 Å². The van der Waals surface area contributed by atoms with Crippen molar-refractivity contribution in [2.45, 2.75) is 13.3 Å². The Morgan fingerprint density at radius 2 is 2.60 bits per heavy atom. The zero-order valence-corrected chi connectivity index (χ0v) is 5.92. The standard InChI is InChI=1S/C7H10O3/c1-2-9-5-6-3-4-10-7(6)8/h5H,2-4H2,1H3. The van der Waals surface area contributed by atoms with Crippen molar-refractivity contribution >= 4 is 5.97 Å². The second-order valence-corrected chi connectivity index (χ2v) is 1.98. The summed E-state index contributed by atoms with van der Waals surface area (Å²) in [7, 11) is 0. The van der Waals surface area contributed by atoms with Crippen molar-refractivity contribution in [1.82, 2.24) is 0 Å². The van der Waals surface area contributed by atoms with Gasteiger partial charge < -0.3 is 9.47 Å². The smallest absolute Gasteiger partial charge is 0.337 e. The Bertz CT molecular complexity index is 160. The van der Waals surface area contributed by atoms with Gasteiger partial charge in [-0.15, -0.1) is 0 Å². The van der Waals surface area contributed by atoms with Gasteiger partial charge >= 0.3 is 5.97 Å². The van der Waals surface area contributed by atoms with Gasteiger partial charge in [-0.1, -0.05) is 0 Å². The van der Waals surface area contributed by atoms with E-state index in [1.54, 1.807) is 0 Å². The maximum absolute atomic E-state index is 10.7. The monoisotopic (exact) mass is 142 g/mol. The molecule has 0 aromatic rings. The van der Waals surface area contributed by atoms with Crippen molar-refractivity contribution in [3.05, 3.63) is 11.8 Å². The molecule has 0 amide bonds. The van der Waals surface area contributed by atoms with Crippen molar-refractivity contribution < 1.29 is 14.3 Å². The Balaban J connectivity index is 2.46. The van der Waals surface area contributed by atoms with E-state index in [9.17, 15) is 4.79 Å². The lowest BCUT2D eigenvalue weighted by Crippen LogP contribution is -1.95. The molecule has 3 nitrogen and oxygen atoms in total. The van der Waals surface area contributed by atoms with Crippen LogP contribution in [0, 0.1) is 0 Å². The Morgan fingerprint density at radius 1 is 1.80 bits per heavy atom. The molecular weight excluding hydrogens is 132 g/mol. The highest BCUT2D eigenvalue weighted by atomic mass is 16.5. The molecule has 0 N–H and O–H groups in total. The molecule has 10 heavy (non-hydrogen) atoms. The third-order valence-electron chi connectivity index (χ3n) is 1.26. The third kappa shape index (κ3) is 1.50. The SMILES string of the molecule is CCOC=C1CCOC1=O. The first-order valence-corrected chi connectivity index (χ1v) is 3.32. The lowest BCUT2D eigenvalue weighted by molar-refractivity contribution is -0.135. The van der Waals surface area contributed by atoms with Gasteiger partial charge in [0.15, 0.2) is 0 Å². The molecule has 1 aliphatic heterocycles. The Hall–Kier alpha value is -0.990. The zero-order valence-electron chi connectivity index (χ0n) is 5.92. The second-order valence-electron chi connectivity index (χ2n) is 1.98. The summed E-state index contributed by atoms with van der Waals surface area (Å²) in [6.45, 7) is 2.96. The molecule has 0 spiro atoms. The van der Waals surface area contributed by atoms with Crippen molar-refractivity contribution in [3.8, 4) is 0 Å². The van der Waals surface area contributed by atoms with Crippen molar-refractivity contribution in [3.63, 3.8) is 0 Å². The summed E-state index contributed by atoms with van der Waals surface area (Å²) in [5, 5.41) is 0. The molecule has 0 aliphatic carbocycles. The molecule has 0 unspecified atom stereocenters. The Morgan fingerprint density at radius 3 is 3.10 bits per heavy atom. The minimum Gasteiger partial charge on any atom is -0.501 e. The number of rotatable bonds is 2. The first-order valence-electron chi connectivity index (χ1n) is 3.32. The Kier molecular flexibility index (Phi) is 2.31. The predicted octanol–water partition coefficient (Wildman–Crippen LogP) is 0.854. The van der Waals surface area contributed by atoms with Crippen LogP contribution in [0.2, 0.25) is 0 Å². The van der Waals surface area contributed by atoms with Crippen molar-refractivity contribution in [2.75, 3.05) is 13.2 Å². The molecule has 1 rings (SSSR count). The van der Waals surface area contributed by atoms with E-state index in [0.29, 0.717) is 25.2 Å². The highest BCUT2D eigenvalue weighted by molar-refractivity contribution is 5.89. The van der Waals surface area contributed by atoms with E-state index in [4.69, 9.17) is 4.74 Å². The van der Waals surface area contributed by atoms with Crippen LogP contribution in [0.25, 0.3) is 0 Å². The summed E-state index contributed by atoms with van der Waals surface area (Å²) < 4.78 is 9.60. The highest BCUT2D eigenvalue weighted by Crippen LogP contribution is 2.12. The normalized spacial score (nSPS) is 21.3. The predicted molar refractivity (Wildman–Crippen MR) is 35.3 cm³/mol. The molecule has 0 aromatic heterocycles. The number of cyclic esters (lactones) is 1. The van der Waals surface area contributed by atoms with Gasteiger partial charge in [-0.25, -0.2) is 4.79 Å². The van der Waals surface area contributed by atoms with E-state index >= 15 is 0 Å². The second kappa shape index (κ2) is 3.25. The molecule has 0 saturated carbocycles. The molecule has 56 valence electrons. The summed E-state index contributed by atoms with van der Waals surface area (Å²) in [6, 6.07) is 0. The van der Waals surface area contributed by atoms with E-state index in [2.05, 4.69) is 4.74 Å². The van der Waals surface area contributed by atoms with Crippen LogP contribution in [-0.2, 0) is 14.3 Å². The summed E-state index contributed by atoms with van der Waals surface area (Å²) in [5.41, 5.74) is 0.641. The van der Waals surface area contributed by atoms with Gasteiger partial charge in [0.2, 0.25) is 0 Å². The van der Waals surface area contributed by atoms with E-state index < -0.39 is 0 Å². The van der Waals surface area contributed by atoms with E-state index in [-0.39, 0.29) is 5.97 Å². The first kappa shape index (κ1) is 7.12. The first-order chi connectivity index (χ1) is 4.84. The number of carbonyl (C=O) groups excluding carboxylic acids is 1. The average molecular weight is 142 g/mol. The third-order valence-corrected chi connectivity index (χ3v) is 1.26. The molecule has 1 aliphatic rings. The van der Waals surface area contributed by atoms with Gasteiger partial charge in [0, 0.05) is 6.42 Å². The molecule has 1 fully saturated rings.